The third-order valence-corrected chi connectivity index (χ3v) is 6.17. The second kappa shape index (κ2) is 7.08. The number of carbonyl (C=O) groups is 1. The third kappa shape index (κ3) is 3.58. The van der Waals surface area contributed by atoms with Gasteiger partial charge in [0.2, 0.25) is 0 Å². The molecule has 0 aliphatic heterocycles. The van der Waals surface area contributed by atoms with Crippen molar-refractivity contribution in [3.8, 4) is 0 Å². The third-order valence-electron chi connectivity index (χ3n) is 3.56. The minimum absolute atomic E-state index is 0.0825. The number of amides is 1. The van der Waals surface area contributed by atoms with Gasteiger partial charge in [-0.1, -0.05) is 21.9 Å². The van der Waals surface area contributed by atoms with Crippen molar-refractivity contribution in [1.29, 1.82) is 0 Å². The van der Waals surface area contributed by atoms with Crippen LogP contribution < -0.4 is 5.32 Å². The first-order valence-corrected chi connectivity index (χ1v) is 9.57. The molecule has 1 heterocycles. The number of hydrogen-bond acceptors (Lipinski definition) is 6. The fraction of sp³-hybridized carbons (Fsp3) is 0.125. The molecule has 0 saturated carbocycles. The van der Waals surface area contributed by atoms with E-state index in [1.807, 2.05) is 0 Å². The zero-order valence-corrected chi connectivity index (χ0v) is 15.4. The van der Waals surface area contributed by atoms with Crippen molar-refractivity contribution >= 4 is 42.6 Å². The van der Waals surface area contributed by atoms with Crippen molar-refractivity contribution in [2.45, 2.75) is 4.90 Å². The molecule has 0 unspecified atom stereocenters. The summed E-state index contributed by atoms with van der Waals surface area (Å²) < 4.78 is 39.1. The van der Waals surface area contributed by atoms with Crippen LogP contribution in [0.1, 0.15) is 10.4 Å². The smallest absolute Gasteiger partial charge is 0.264 e. The Hall–Kier alpha value is -2.40. The Morgan fingerprint density at radius 1 is 1.27 bits per heavy atom. The number of nitrogens with one attached hydrogen (secondary N) is 1. The van der Waals surface area contributed by atoms with E-state index in [1.165, 1.54) is 56.6 Å². The molecule has 0 aliphatic carbocycles. The van der Waals surface area contributed by atoms with Crippen LogP contribution in [-0.4, -0.2) is 37.9 Å². The lowest BCUT2D eigenvalue weighted by atomic mass is 10.2. The molecule has 0 atom stereocenters. The van der Waals surface area contributed by atoms with E-state index in [2.05, 4.69) is 10.3 Å². The Balaban J connectivity index is 1.87. The first kappa shape index (κ1) is 18.4. The Kier molecular flexibility index (Phi) is 5.01. The lowest BCUT2D eigenvalue weighted by Crippen LogP contribution is -2.26. The Morgan fingerprint density at radius 3 is 2.77 bits per heavy atom. The van der Waals surface area contributed by atoms with E-state index < -0.39 is 15.9 Å². The first-order chi connectivity index (χ1) is 12.3. The molecule has 7 nitrogen and oxygen atoms in total. The quantitative estimate of drug-likeness (QED) is 0.671. The van der Waals surface area contributed by atoms with Crippen molar-refractivity contribution in [3.05, 3.63) is 53.8 Å². The second-order valence-corrected chi connectivity index (χ2v) is 8.18. The van der Waals surface area contributed by atoms with Gasteiger partial charge in [0.05, 0.1) is 22.2 Å². The van der Waals surface area contributed by atoms with Gasteiger partial charge in [-0.25, -0.2) is 17.8 Å². The van der Waals surface area contributed by atoms with Gasteiger partial charge in [0.15, 0.2) is 5.13 Å². The minimum Gasteiger partial charge on any atom is -0.298 e. The zero-order chi connectivity index (χ0) is 18.9. The fourth-order valence-electron chi connectivity index (χ4n) is 2.17. The summed E-state index contributed by atoms with van der Waals surface area (Å²) >= 11 is 1.12. The Morgan fingerprint density at radius 2 is 2.04 bits per heavy atom. The number of rotatable bonds is 5. The summed E-state index contributed by atoms with van der Waals surface area (Å²) in [7, 11) is -1.39. The highest BCUT2D eigenvalue weighted by molar-refractivity contribution is 7.89. The molecule has 1 amide bonds. The van der Waals surface area contributed by atoms with Crippen molar-refractivity contribution < 1.29 is 22.4 Å². The van der Waals surface area contributed by atoms with Crippen molar-refractivity contribution in [3.63, 3.8) is 0 Å². The molecule has 3 aromatic rings. The summed E-state index contributed by atoms with van der Waals surface area (Å²) in [6.45, 7) is 0. The molecule has 1 N–H and O–H groups in total. The van der Waals surface area contributed by atoms with E-state index in [1.54, 1.807) is 0 Å². The molecule has 0 saturated heterocycles. The van der Waals surface area contributed by atoms with Crippen LogP contribution in [0.15, 0.2) is 47.4 Å². The van der Waals surface area contributed by atoms with Crippen LogP contribution in [0.3, 0.4) is 0 Å². The van der Waals surface area contributed by atoms with Crippen LogP contribution in [-0.2, 0) is 14.9 Å². The molecule has 2 aromatic carbocycles. The predicted molar refractivity (Wildman–Crippen MR) is 95.9 cm³/mol. The lowest BCUT2D eigenvalue weighted by molar-refractivity contribution is -0.0258. The Labute approximate surface area is 153 Å². The SMILES string of the molecule is CON(C)S(=O)(=O)c1cccc(C(=O)Nc2nc3ccc(F)cc3s2)c1. The largest absolute Gasteiger partial charge is 0.298 e. The Bertz CT molecular complexity index is 1080. The number of thiazole rings is 1. The summed E-state index contributed by atoms with van der Waals surface area (Å²) in [6.07, 6.45) is 0. The molecule has 0 fully saturated rings. The van der Waals surface area contributed by atoms with E-state index >= 15 is 0 Å². The molecule has 0 radical (unpaired) electrons. The highest BCUT2D eigenvalue weighted by atomic mass is 32.2. The van der Waals surface area contributed by atoms with Crippen LogP contribution >= 0.6 is 11.3 Å². The van der Waals surface area contributed by atoms with Gasteiger partial charge in [0, 0.05) is 12.6 Å². The molecular weight excluding hydrogens is 381 g/mol. The number of carbonyl (C=O) groups excluding carboxylic acids is 1. The first-order valence-electron chi connectivity index (χ1n) is 7.32. The number of hydroxylamine groups is 1. The van der Waals surface area contributed by atoms with E-state index in [0.717, 1.165) is 11.3 Å². The predicted octanol–water partition coefficient (Wildman–Crippen LogP) is 2.87. The standard InChI is InChI=1S/C16H14FN3O4S2/c1-20(24-2)26(22,23)12-5-3-4-10(8-12)15(21)19-16-18-13-7-6-11(17)9-14(13)25-16/h3-9H,1-2H3,(H,18,19,21). The molecule has 10 heteroatoms. The average Bonchev–Trinajstić information content (AvgIpc) is 3.02. The summed E-state index contributed by atoms with van der Waals surface area (Å²) in [5.41, 5.74) is 0.700. The number of anilines is 1. The van der Waals surface area contributed by atoms with Crippen molar-refractivity contribution in [1.82, 2.24) is 9.45 Å². The maximum atomic E-state index is 13.2. The van der Waals surface area contributed by atoms with Crippen LogP contribution in [0.25, 0.3) is 10.2 Å². The average molecular weight is 395 g/mol. The monoisotopic (exact) mass is 395 g/mol. The number of nitrogens with zero attached hydrogens (tertiary/aromatic N) is 2. The van der Waals surface area contributed by atoms with E-state index in [-0.39, 0.29) is 21.4 Å². The molecule has 1 aromatic heterocycles. The van der Waals surface area contributed by atoms with Gasteiger partial charge in [0.1, 0.15) is 5.82 Å². The maximum absolute atomic E-state index is 13.2. The van der Waals surface area contributed by atoms with Gasteiger partial charge in [-0.15, -0.1) is 0 Å². The zero-order valence-electron chi connectivity index (χ0n) is 13.8. The number of fused-ring (bicyclic) bond motifs is 1. The molecule has 136 valence electrons. The normalized spacial score (nSPS) is 11.8. The highest BCUT2D eigenvalue weighted by Crippen LogP contribution is 2.27. The molecule has 3 rings (SSSR count). The van der Waals surface area contributed by atoms with Gasteiger partial charge < -0.3 is 0 Å². The van der Waals surface area contributed by atoms with E-state index in [0.29, 0.717) is 14.7 Å². The molecular formula is C16H14FN3O4S2. The van der Waals surface area contributed by atoms with Gasteiger partial charge in [-0.3, -0.25) is 14.9 Å². The van der Waals surface area contributed by atoms with Gasteiger partial charge in [0.25, 0.3) is 15.9 Å². The fourth-order valence-corrected chi connectivity index (χ4v) is 4.07. The molecule has 0 aliphatic rings. The van der Waals surface area contributed by atoms with Crippen molar-refractivity contribution in [2.75, 3.05) is 19.5 Å². The van der Waals surface area contributed by atoms with Crippen LogP contribution in [0.2, 0.25) is 0 Å². The van der Waals surface area contributed by atoms with Gasteiger partial charge >= 0.3 is 0 Å². The molecule has 26 heavy (non-hydrogen) atoms. The number of aromatic nitrogens is 1. The highest BCUT2D eigenvalue weighted by Gasteiger charge is 2.22. The van der Waals surface area contributed by atoms with E-state index in [4.69, 9.17) is 4.84 Å². The number of sulfonamides is 1. The maximum Gasteiger partial charge on any atom is 0.264 e. The van der Waals surface area contributed by atoms with Crippen LogP contribution in [0, 0.1) is 5.82 Å². The lowest BCUT2D eigenvalue weighted by Gasteiger charge is -2.14. The van der Waals surface area contributed by atoms with Gasteiger partial charge in [-0.05, 0) is 36.4 Å². The summed E-state index contributed by atoms with van der Waals surface area (Å²) in [5.74, 6) is -0.916. The number of benzene rings is 2. The summed E-state index contributed by atoms with van der Waals surface area (Å²) in [5, 5.41) is 2.89. The topological polar surface area (TPSA) is 88.6 Å². The van der Waals surface area contributed by atoms with Crippen LogP contribution in [0.4, 0.5) is 9.52 Å². The number of hydrogen-bond donors (Lipinski definition) is 1. The molecule has 0 bridgehead atoms. The summed E-state index contributed by atoms with van der Waals surface area (Å²) in [4.78, 5) is 21.3. The van der Waals surface area contributed by atoms with Gasteiger partial charge in [-0.2, -0.15) is 0 Å². The minimum atomic E-state index is -3.87. The second-order valence-electron chi connectivity index (χ2n) is 5.21. The van der Waals surface area contributed by atoms with Crippen molar-refractivity contribution in [2.24, 2.45) is 0 Å². The van der Waals surface area contributed by atoms with E-state index in [9.17, 15) is 17.6 Å². The summed E-state index contributed by atoms with van der Waals surface area (Å²) in [6, 6.07) is 9.68. The molecule has 0 spiro atoms. The number of halogens is 1. The van der Waals surface area contributed by atoms with Crippen LogP contribution in [0.5, 0.6) is 0 Å².